The Hall–Kier alpha value is -3.49. The summed E-state index contributed by atoms with van der Waals surface area (Å²) in [6.45, 7) is 0. The lowest BCUT2D eigenvalue weighted by Crippen LogP contribution is -2.31. The first-order chi connectivity index (χ1) is 14.4. The minimum Gasteiger partial charge on any atom is -0.366 e. The molecule has 7 nitrogen and oxygen atoms in total. The predicted molar refractivity (Wildman–Crippen MR) is 114 cm³/mol. The summed E-state index contributed by atoms with van der Waals surface area (Å²) in [4.78, 5) is 16.0. The monoisotopic (exact) mass is 420 g/mol. The molecule has 4 aromatic rings. The lowest BCUT2D eigenvalue weighted by molar-refractivity contribution is 0.1000. The first kappa shape index (κ1) is 19.8. The maximum atomic E-state index is 13.1. The number of carbonyl (C=O) groups excluding carboxylic acids is 1. The number of para-hydroxylation sites is 2. The number of carbonyl (C=O) groups is 1. The molecule has 4 rings (SSSR count). The van der Waals surface area contributed by atoms with Gasteiger partial charge in [-0.25, -0.2) is 13.4 Å². The fourth-order valence-electron chi connectivity index (χ4n) is 3.36. The Kier molecular flexibility index (Phi) is 5.11. The van der Waals surface area contributed by atoms with Gasteiger partial charge in [-0.05, 0) is 42.0 Å². The van der Waals surface area contributed by atoms with Crippen LogP contribution < -0.4 is 10.5 Å². The van der Waals surface area contributed by atoms with Crippen molar-refractivity contribution in [3.8, 4) is 0 Å². The van der Waals surface area contributed by atoms with E-state index in [1.54, 1.807) is 0 Å². The molecule has 0 aliphatic rings. The fourth-order valence-corrected chi connectivity index (χ4v) is 4.54. The Morgan fingerprint density at radius 2 is 1.60 bits per heavy atom. The molecule has 0 aliphatic carbocycles. The molecule has 1 aromatic heterocycles. The molecule has 1 heterocycles. The molecular formula is C22H20N4O3S. The van der Waals surface area contributed by atoms with Gasteiger partial charge in [0.05, 0.1) is 15.9 Å². The molecule has 1 amide bonds. The van der Waals surface area contributed by atoms with Gasteiger partial charge in [0.15, 0.2) is 0 Å². The topological polar surface area (TPSA) is 107 Å². The first-order valence-corrected chi connectivity index (χ1v) is 10.7. The van der Waals surface area contributed by atoms with Crippen molar-refractivity contribution in [3.05, 3.63) is 95.8 Å². The van der Waals surface area contributed by atoms with E-state index in [4.69, 9.17) is 5.73 Å². The van der Waals surface area contributed by atoms with Crippen LogP contribution in [-0.2, 0) is 17.1 Å². The molecule has 0 bridgehead atoms. The van der Waals surface area contributed by atoms with Gasteiger partial charge in [0.25, 0.3) is 0 Å². The molecular weight excluding hydrogens is 400 g/mol. The summed E-state index contributed by atoms with van der Waals surface area (Å²) in [7, 11) is -2.05. The van der Waals surface area contributed by atoms with E-state index in [-0.39, 0.29) is 10.5 Å². The minimum atomic E-state index is -3.91. The number of imidazole rings is 1. The van der Waals surface area contributed by atoms with Crippen LogP contribution in [0, 0.1) is 0 Å². The highest BCUT2D eigenvalue weighted by molar-refractivity contribution is 7.89. The summed E-state index contributed by atoms with van der Waals surface area (Å²) in [6, 6.07) is 21.7. The van der Waals surface area contributed by atoms with E-state index in [0.29, 0.717) is 5.82 Å². The van der Waals surface area contributed by atoms with Crippen molar-refractivity contribution in [1.29, 1.82) is 0 Å². The van der Waals surface area contributed by atoms with Crippen LogP contribution in [0.15, 0.2) is 83.8 Å². The molecule has 0 aliphatic heterocycles. The quantitative estimate of drug-likeness (QED) is 0.500. The molecule has 1 atom stereocenters. The largest absolute Gasteiger partial charge is 0.366 e. The van der Waals surface area contributed by atoms with E-state index >= 15 is 0 Å². The van der Waals surface area contributed by atoms with Crippen LogP contribution in [0.1, 0.15) is 27.8 Å². The number of nitrogens with one attached hydrogen (secondary N) is 1. The van der Waals surface area contributed by atoms with Crippen molar-refractivity contribution in [3.63, 3.8) is 0 Å². The second-order valence-corrected chi connectivity index (χ2v) is 8.59. The number of nitrogens with two attached hydrogens (primary N) is 1. The molecule has 152 valence electrons. The second kappa shape index (κ2) is 7.74. The Morgan fingerprint density at radius 3 is 2.23 bits per heavy atom. The summed E-state index contributed by atoms with van der Waals surface area (Å²) in [5.74, 6) is -0.0477. The Bertz CT molecular complexity index is 1310. The third-order valence-electron chi connectivity index (χ3n) is 4.93. The number of amides is 1. The number of rotatable bonds is 6. The van der Waals surface area contributed by atoms with Crippen LogP contribution >= 0.6 is 0 Å². The average Bonchev–Trinajstić information content (AvgIpc) is 3.09. The standard InChI is InChI=1S/C22H20N4O3S/c1-26-19-10-6-5-9-18(19)24-22(26)20(15-7-3-2-4-8-15)25-30(28,29)17-13-11-16(12-14-17)21(23)27/h2-14,20,25H,1H3,(H2,23,27). The normalized spacial score (nSPS) is 12.7. The zero-order chi connectivity index (χ0) is 21.3. The minimum absolute atomic E-state index is 0.0344. The van der Waals surface area contributed by atoms with Crippen molar-refractivity contribution in [2.75, 3.05) is 0 Å². The van der Waals surface area contributed by atoms with Gasteiger partial charge in [-0.1, -0.05) is 42.5 Å². The van der Waals surface area contributed by atoms with Crippen LogP contribution in [0.3, 0.4) is 0 Å². The first-order valence-electron chi connectivity index (χ1n) is 9.25. The van der Waals surface area contributed by atoms with E-state index in [1.165, 1.54) is 24.3 Å². The number of fused-ring (bicyclic) bond motifs is 1. The third kappa shape index (κ3) is 3.70. The molecule has 8 heteroatoms. The molecule has 1 unspecified atom stereocenters. The lowest BCUT2D eigenvalue weighted by Gasteiger charge is -2.19. The number of hydrogen-bond acceptors (Lipinski definition) is 4. The second-order valence-electron chi connectivity index (χ2n) is 6.87. The molecule has 30 heavy (non-hydrogen) atoms. The highest BCUT2D eigenvalue weighted by Crippen LogP contribution is 2.27. The molecule has 3 aromatic carbocycles. The van der Waals surface area contributed by atoms with Gasteiger partial charge in [-0.3, -0.25) is 4.79 Å². The van der Waals surface area contributed by atoms with Crippen LogP contribution in [0.5, 0.6) is 0 Å². The van der Waals surface area contributed by atoms with Crippen molar-refractivity contribution in [1.82, 2.24) is 14.3 Å². The van der Waals surface area contributed by atoms with E-state index in [0.717, 1.165) is 16.6 Å². The van der Waals surface area contributed by atoms with Gasteiger partial charge in [0, 0.05) is 12.6 Å². The van der Waals surface area contributed by atoms with Crippen LogP contribution in [0.4, 0.5) is 0 Å². The number of aromatic nitrogens is 2. The van der Waals surface area contributed by atoms with Crippen molar-refractivity contribution in [2.24, 2.45) is 12.8 Å². The van der Waals surface area contributed by atoms with Gasteiger partial charge in [0.2, 0.25) is 15.9 Å². The Balaban J connectivity index is 1.79. The van der Waals surface area contributed by atoms with Crippen LogP contribution in [0.2, 0.25) is 0 Å². The maximum Gasteiger partial charge on any atom is 0.248 e. The molecule has 0 saturated heterocycles. The van der Waals surface area contributed by atoms with Crippen molar-refractivity contribution in [2.45, 2.75) is 10.9 Å². The number of sulfonamides is 1. The Labute approximate surface area is 174 Å². The zero-order valence-corrected chi connectivity index (χ0v) is 17.0. The van der Waals surface area contributed by atoms with Crippen LogP contribution in [-0.4, -0.2) is 23.9 Å². The van der Waals surface area contributed by atoms with E-state index in [2.05, 4.69) is 9.71 Å². The average molecular weight is 420 g/mol. The summed E-state index contributed by atoms with van der Waals surface area (Å²) in [5.41, 5.74) is 7.92. The summed E-state index contributed by atoms with van der Waals surface area (Å²) in [6.07, 6.45) is 0. The summed E-state index contributed by atoms with van der Waals surface area (Å²) < 4.78 is 30.9. The van der Waals surface area contributed by atoms with E-state index in [9.17, 15) is 13.2 Å². The van der Waals surface area contributed by atoms with E-state index in [1.807, 2.05) is 66.2 Å². The highest BCUT2D eigenvalue weighted by atomic mass is 32.2. The van der Waals surface area contributed by atoms with Crippen molar-refractivity contribution >= 4 is 27.0 Å². The predicted octanol–water partition coefficient (Wildman–Crippen LogP) is 2.74. The van der Waals surface area contributed by atoms with Gasteiger partial charge in [-0.15, -0.1) is 0 Å². The third-order valence-corrected chi connectivity index (χ3v) is 6.37. The molecule has 0 saturated carbocycles. The van der Waals surface area contributed by atoms with Gasteiger partial charge < -0.3 is 10.3 Å². The SMILES string of the molecule is Cn1c(C(NS(=O)(=O)c2ccc(C(N)=O)cc2)c2ccccc2)nc2ccccc21. The number of nitrogens with zero attached hydrogens (tertiary/aromatic N) is 2. The maximum absolute atomic E-state index is 13.1. The number of primary amides is 1. The van der Waals surface area contributed by atoms with Gasteiger partial charge >= 0.3 is 0 Å². The Morgan fingerprint density at radius 1 is 0.967 bits per heavy atom. The smallest absolute Gasteiger partial charge is 0.248 e. The van der Waals surface area contributed by atoms with E-state index < -0.39 is 22.0 Å². The number of benzene rings is 3. The molecule has 0 radical (unpaired) electrons. The molecule has 3 N–H and O–H groups in total. The number of hydrogen-bond donors (Lipinski definition) is 2. The summed E-state index contributed by atoms with van der Waals surface area (Å²) >= 11 is 0. The van der Waals surface area contributed by atoms with Gasteiger partial charge in [-0.2, -0.15) is 4.72 Å². The van der Waals surface area contributed by atoms with Crippen LogP contribution in [0.25, 0.3) is 11.0 Å². The molecule has 0 fully saturated rings. The highest BCUT2D eigenvalue weighted by Gasteiger charge is 2.27. The van der Waals surface area contributed by atoms with Crippen molar-refractivity contribution < 1.29 is 13.2 Å². The van der Waals surface area contributed by atoms with Gasteiger partial charge in [0.1, 0.15) is 11.9 Å². The molecule has 0 spiro atoms. The number of aryl methyl sites for hydroxylation is 1. The lowest BCUT2D eigenvalue weighted by atomic mass is 10.1. The zero-order valence-electron chi connectivity index (χ0n) is 16.2. The fraction of sp³-hybridized carbons (Fsp3) is 0.0909. The summed E-state index contributed by atoms with van der Waals surface area (Å²) in [5, 5.41) is 0.